The maximum atomic E-state index is 5.36. The number of nitrogens with one attached hydrogen (secondary N) is 1. The first kappa shape index (κ1) is 11.0. The molecular formula is C10H12N4OS. The smallest absolute Gasteiger partial charge is 0.171 e. The van der Waals surface area contributed by atoms with Gasteiger partial charge in [-0.25, -0.2) is 15.8 Å². The lowest BCUT2D eigenvalue weighted by molar-refractivity contribution is 0.181. The molecule has 2 rings (SSSR count). The summed E-state index contributed by atoms with van der Waals surface area (Å²) in [5.74, 6) is 6.61. The highest BCUT2D eigenvalue weighted by Crippen LogP contribution is 2.22. The Labute approximate surface area is 97.3 Å². The number of hydrazine groups is 1. The van der Waals surface area contributed by atoms with Gasteiger partial charge in [-0.05, 0) is 11.4 Å². The third-order valence-electron chi connectivity index (χ3n) is 1.96. The van der Waals surface area contributed by atoms with Crippen LogP contribution >= 0.6 is 11.3 Å². The van der Waals surface area contributed by atoms with E-state index in [9.17, 15) is 0 Å². The minimum absolute atomic E-state index is 0.440. The standard InChI is InChI=1S/C10H12N4OS/c1-15-6-7-5-9(14-11)13-10(12-7)8-3-2-4-16-8/h2-5H,6,11H2,1H3,(H,12,13,14). The SMILES string of the molecule is COCc1cc(NN)nc(-c2cccs2)n1. The van der Waals surface area contributed by atoms with E-state index in [4.69, 9.17) is 10.6 Å². The third-order valence-corrected chi connectivity index (χ3v) is 2.83. The molecule has 0 atom stereocenters. The van der Waals surface area contributed by atoms with E-state index in [1.165, 1.54) is 0 Å². The third kappa shape index (κ3) is 2.35. The zero-order valence-corrected chi connectivity index (χ0v) is 9.62. The van der Waals surface area contributed by atoms with E-state index in [-0.39, 0.29) is 0 Å². The predicted molar refractivity (Wildman–Crippen MR) is 63.9 cm³/mol. The number of nitrogens with two attached hydrogens (primary N) is 1. The van der Waals surface area contributed by atoms with Gasteiger partial charge in [0.1, 0.15) is 5.82 Å². The van der Waals surface area contributed by atoms with Gasteiger partial charge in [0.25, 0.3) is 0 Å². The van der Waals surface area contributed by atoms with Crippen molar-refractivity contribution in [1.29, 1.82) is 0 Å². The first-order chi connectivity index (χ1) is 7.83. The van der Waals surface area contributed by atoms with Crippen molar-refractivity contribution in [2.24, 2.45) is 5.84 Å². The van der Waals surface area contributed by atoms with Gasteiger partial charge in [0.15, 0.2) is 5.82 Å². The summed E-state index contributed by atoms with van der Waals surface area (Å²) in [6.45, 7) is 0.440. The zero-order valence-electron chi connectivity index (χ0n) is 8.80. The summed E-state index contributed by atoms with van der Waals surface area (Å²) in [6, 6.07) is 5.69. The summed E-state index contributed by atoms with van der Waals surface area (Å²) in [5.41, 5.74) is 3.33. The Morgan fingerprint density at radius 2 is 2.38 bits per heavy atom. The van der Waals surface area contributed by atoms with Crippen molar-refractivity contribution in [1.82, 2.24) is 9.97 Å². The second kappa shape index (κ2) is 5.02. The molecule has 0 aliphatic rings. The van der Waals surface area contributed by atoms with Crippen molar-refractivity contribution in [2.45, 2.75) is 6.61 Å². The van der Waals surface area contributed by atoms with Crippen LogP contribution in [0.15, 0.2) is 23.6 Å². The van der Waals surface area contributed by atoms with Gasteiger partial charge in [-0.2, -0.15) is 0 Å². The van der Waals surface area contributed by atoms with Crippen LogP contribution in [0, 0.1) is 0 Å². The molecule has 84 valence electrons. The molecule has 5 nitrogen and oxygen atoms in total. The summed E-state index contributed by atoms with van der Waals surface area (Å²) in [5, 5.41) is 1.98. The summed E-state index contributed by atoms with van der Waals surface area (Å²) >= 11 is 1.59. The molecule has 0 amide bonds. The predicted octanol–water partition coefficient (Wildman–Crippen LogP) is 1.64. The van der Waals surface area contributed by atoms with Gasteiger partial charge in [0.2, 0.25) is 0 Å². The summed E-state index contributed by atoms with van der Waals surface area (Å²) in [6.07, 6.45) is 0. The van der Waals surface area contributed by atoms with Crippen LogP contribution in [-0.2, 0) is 11.3 Å². The number of aromatic nitrogens is 2. The maximum Gasteiger partial charge on any atom is 0.171 e. The van der Waals surface area contributed by atoms with Gasteiger partial charge in [-0.1, -0.05) is 6.07 Å². The fraction of sp³-hybridized carbons (Fsp3) is 0.200. The topological polar surface area (TPSA) is 73.1 Å². The van der Waals surface area contributed by atoms with E-state index in [1.54, 1.807) is 24.5 Å². The molecule has 0 bridgehead atoms. The van der Waals surface area contributed by atoms with Crippen LogP contribution in [0.3, 0.4) is 0 Å². The molecular weight excluding hydrogens is 224 g/mol. The minimum atomic E-state index is 0.440. The summed E-state index contributed by atoms with van der Waals surface area (Å²) in [7, 11) is 1.63. The van der Waals surface area contributed by atoms with Gasteiger partial charge >= 0.3 is 0 Å². The number of hydrogen-bond donors (Lipinski definition) is 2. The zero-order chi connectivity index (χ0) is 11.4. The van der Waals surface area contributed by atoms with Crippen LogP contribution in [0.4, 0.5) is 5.82 Å². The van der Waals surface area contributed by atoms with Crippen LogP contribution in [0.25, 0.3) is 10.7 Å². The number of methoxy groups -OCH3 is 1. The number of ether oxygens (including phenoxy) is 1. The van der Waals surface area contributed by atoms with Crippen LogP contribution in [0.2, 0.25) is 0 Å². The van der Waals surface area contributed by atoms with E-state index in [1.807, 2.05) is 17.5 Å². The van der Waals surface area contributed by atoms with Crippen LogP contribution in [-0.4, -0.2) is 17.1 Å². The lowest BCUT2D eigenvalue weighted by Crippen LogP contribution is -2.10. The highest BCUT2D eigenvalue weighted by atomic mass is 32.1. The van der Waals surface area contributed by atoms with Crippen molar-refractivity contribution in [3.05, 3.63) is 29.3 Å². The van der Waals surface area contributed by atoms with Gasteiger partial charge in [-0.3, -0.25) is 0 Å². The first-order valence-electron chi connectivity index (χ1n) is 4.71. The van der Waals surface area contributed by atoms with Crippen molar-refractivity contribution in [3.63, 3.8) is 0 Å². The van der Waals surface area contributed by atoms with E-state index < -0.39 is 0 Å². The second-order valence-corrected chi connectivity index (χ2v) is 4.07. The fourth-order valence-corrected chi connectivity index (χ4v) is 1.97. The molecule has 2 aromatic heterocycles. The molecule has 3 N–H and O–H groups in total. The molecule has 0 fully saturated rings. The Balaban J connectivity index is 2.41. The highest BCUT2D eigenvalue weighted by Gasteiger charge is 2.06. The summed E-state index contributed by atoms with van der Waals surface area (Å²) in [4.78, 5) is 9.69. The number of anilines is 1. The van der Waals surface area contributed by atoms with Crippen LogP contribution < -0.4 is 11.3 Å². The normalized spacial score (nSPS) is 10.4. The average Bonchev–Trinajstić information content (AvgIpc) is 2.82. The van der Waals surface area contributed by atoms with Gasteiger partial charge < -0.3 is 10.2 Å². The van der Waals surface area contributed by atoms with Crippen molar-refractivity contribution in [3.8, 4) is 10.7 Å². The molecule has 2 heterocycles. The van der Waals surface area contributed by atoms with Gasteiger partial charge in [0.05, 0.1) is 17.2 Å². The minimum Gasteiger partial charge on any atom is -0.378 e. The summed E-state index contributed by atoms with van der Waals surface area (Å²) < 4.78 is 5.04. The number of hydrogen-bond acceptors (Lipinski definition) is 6. The second-order valence-electron chi connectivity index (χ2n) is 3.12. The van der Waals surface area contributed by atoms with Crippen LogP contribution in [0.5, 0.6) is 0 Å². The lowest BCUT2D eigenvalue weighted by atomic mass is 10.3. The molecule has 6 heteroatoms. The van der Waals surface area contributed by atoms with Gasteiger partial charge in [0, 0.05) is 13.2 Å². The fourth-order valence-electron chi connectivity index (χ4n) is 1.31. The van der Waals surface area contributed by atoms with Crippen molar-refractivity contribution < 1.29 is 4.74 Å². The quantitative estimate of drug-likeness (QED) is 0.623. The van der Waals surface area contributed by atoms with Crippen molar-refractivity contribution in [2.75, 3.05) is 12.5 Å². The molecule has 0 aliphatic heterocycles. The number of thiophene rings is 1. The molecule has 0 aliphatic carbocycles. The van der Waals surface area contributed by atoms with E-state index in [0.717, 1.165) is 10.6 Å². The molecule has 0 saturated heterocycles. The first-order valence-corrected chi connectivity index (χ1v) is 5.59. The monoisotopic (exact) mass is 236 g/mol. The van der Waals surface area contributed by atoms with E-state index in [0.29, 0.717) is 18.2 Å². The Kier molecular flexibility index (Phi) is 3.45. The molecule has 0 aromatic carbocycles. The molecule has 0 spiro atoms. The lowest BCUT2D eigenvalue weighted by Gasteiger charge is -2.05. The molecule has 16 heavy (non-hydrogen) atoms. The molecule has 0 radical (unpaired) electrons. The Hall–Kier alpha value is -1.50. The largest absolute Gasteiger partial charge is 0.378 e. The van der Waals surface area contributed by atoms with E-state index >= 15 is 0 Å². The van der Waals surface area contributed by atoms with Gasteiger partial charge in [-0.15, -0.1) is 11.3 Å². The molecule has 2 aromatic rings. The average molecular weight is 236 g/mol. The number of nitrogens with zero attached hydrogens (tertiary/aromatic N) is 2. The van der Waals surface area contributed by atoms with Crippen molar-refractivity contribution >= 4 is 17.2 Å². The Morgan fingerprint density at radius 3 is 3.00 bits per heavy atom. The highest BCUT2D eigenvalue weighted by molar-refractivity contribution is 7.13. The van der Waals surface area contributed by atoms with E-state index in [2.05, 4.69) is 15.4 Å². The number of nitrogen functional groups attached to an aromatic ring is 1. The maximum absolute atomic E-state index is 5.36. The Morgan fingerprint density at radius 1 is 1.50 bits per heavy atom. The molecule has 0 unspecified atom stereocenters. The molecule has 0 saturated carbocycles. The van der Waals surface area contributed by atoms with Crippen LogP contribution in [0.1, 0.15) is 5.69 Å². The Bertz CT molecular complexity index is 458. The number of rotatable bonds is 4.